The van der Waals surface area contributed by atoms with Gasteiger partial charge in [0.05, 0.1) is 16.7 Å². The summed E-state index contributed by atoms with van der Waals surface area (Å²) in [5.41, 5.74) is 7.04. The first kappa shape index (κ1) is 14.9. The molecule has 0 bridgehead atoms. The second-order valence-corrected chi connectivity index (χ2v) is 6.59. The van der Waals surface area contributed by atoms with Gasteiger partial charge in [-0.3, -0.25) is 4.98 Å². The summed E-state index contributed by atoms with van der Waals surface area (Å²) in [5, 5.41) is 2.57. The predicted molar refractivity (Wildman–Crippen MR) is 109 cm³/mol. The number of nitrogens with zero attached hydrogens (tertiary/aromatic N) is 2. The fourth-order valence-electron chi connectivity index (χ4n) is 3.73. The molecule has 0 amide bonds. The van der Waals surface area contributed by atoms with E-state index in [9.17, 15) is 0 Å². The second-order valence-electron chi connectivity index (χ2n) is 6.59. The number of hydrogen-bond donors (Lipinski definition) is 0. The van der Waals surface area contributed by atoms with Gasteiger partial charge in [0.1, 0.15) is 0 Å². The molecule has 0 spiro atoms. The van der Waals surface area contributed by atoms with Crippen molar-refractivity contribution < 1.29 is 0 Å². The Kier molecular flexibility index (Phi) is 3.36. The molecule has 124 valence electrons. The number of fused-ring (bicyclic) bond motifs is 3. The molecule has 0 N–H and O–H groups in total. The largest absolute Gasteiger partial charge is 0.309 e. The zero-order valence-corrected chi connectivity index (χ0v) is 14.6. The fraction of sp³-hybridized carbons (Fsp3) is 0.0417. The molecule has 0 saturated heterocycles. The highest BCUT2D eigenvalue weighted by Gasteiger charge is 2.13. The van der Waals surface area contributed by atoms with Crippen molar-refractivity contribution in [2.75, 3.05) is 0 Å². The lowest BCUT2D eigenvalue weighted by atomic mass is 10.1. The molecule has 26 heavy (non-hydrogen) atoms. The van der Waals surface area contributed by atoms with Crippen LogP contribution < -0.4 is 0 Å². The van der Waals surface area contributed by atoms with Crippen molar-refractivity contribution in [1.82, 2.24) is 9.55 Å². The first-order chi connectivity index (χ1) is 12.8. The standard InChI is InChI=1S/C24H18N2/c1-17-13-14-18(21-10-6-7-15-25-21)16-24(17)26-22-11-4-2-8-19(22)20-9-3-5-12-23(20)26/h2-16H,1H3. The van der Waals surface area contributed by atoms with Crippen molar-refractivity contribution in [2.45, 2.75) is 6.92 Å². The molecule has 2 heterocycles. The van der Waals surface area contributed by atoms with E-state index in [0.29, 0.717) is 0 Å². The van der Waals surface area contributed by atoms with Crippen LogP contribution in [0.2, 0.25) is 0 Å². The van der Waals surface area contributed by atoms with E-state index in [2.05, 4.69) is 89.3 Å². The number of pyridine rings is 1. The molecule has 2 nitrogen and oxygen atoms in total. The van der Waals surface area contributed by atoms with Crippen LogP contribution in [-0.4, -0.2) is 9.55 Å². The summed E-state index contributed by atoms with van der Waals surface area (Å²) in [5.74, 6) is 0. The molecule has 0 atom stereocenters. The Balaban J connectivity index is 1.85. The van der Waals surface area contributed by atoms with Crippen molar-refractivity contribution in [2.24, 2.45) is 0 Å². The minimum Gasteiger partial charge on any atom is -0.309 e. The van der Waals surface area contributed by atoms with Gasteiger partial charge in [0.15, 0.2) is 0 Å². The van der Waals surface area contributed by atoms with E-state index in [1.165, 1.54) is 33.1 Å². The molecular weight excluding hydrogens is 316 g/mol. The average Bonchev–Trinajstić information content (AvgIpc) is 3.04. The number of para-hydroxylation sites is 2. The van der Waals surface area contributed by atoms with Crippen LogP contribution >= 0.6 is 0 Å². The van der Waals surface area contributed by atoms with E-state index >= 15 is 0 Å². The lowest BCUT2D eigenvalue weighted by molar-refractivity contribution is 1.15. The highest BCUT2D eigenvalue weighted by atomic mass is 15.0. The molecule has 0 unspecified atom stereocenters. The van der Waals surface area contributed by atoms with E-state index in [0.717, 1.165) is 11.3 Å². The number of benzene rings is 3. The Morgan fingerprint density at radius 2 is 1.35 bits per heavy atom. The van der Waals surface area contributed by atoms with Gasteiger partial charge in [-0.05, 0) is 42.8 Å². The highest BCUT2D eigenvalue weighted by Crippen LogP contribution is 2.34. The Hall–Kier alpha value is -3.39. The molecule has 0 aliphatic heterocycles. The lowest BCUT2D eigenvalue weighted by Crippen LogP contribution is -1.97. The first-order valence-corrected chi connectivity index (χ1v) is 8.83. The van der Waals surface area contributed by atoms with E-state index in [-0.39, 0.29) is 0 Å². The van der Waals surface area contributed by atoms with Gasteiger partial charge in [0.25, 0.3) is 0 Å². The highest BCUT2D eigenvalue weighted by molar-refractivity contribution is 6.09. The van der Waals surface area contributed by atoms with Crippen LogP contribution in [-0.2, 0) is 0 Å². The van der Waals surface area contributed by atoms with Crippen molar-refractivity contribution in [3.8, 4) is 16.9 Å². The molecule has 2 aromatic heterocycles. The van der Waals surface area contributed by atoms with Crippen LogP contribution in [0.15, 0.2) is 91.1 Å². The van der Waals surface area contributed by atoms with Crippen molar-refractivity contribution >= 4 is 21.8 Å². The number of aryl methyl sites for hydroxylation is 1. The van der Waals surface area contributed by atoms with Crippen LogP contribution in [0.3, 0.4) is 0 Å². The van der Waals surface area contributed by atoms with Crippen molar-refractivity contribution in [1.29, 1.82) is 0 Å². The molecule has 0 saturated carbocycles. The summed E-state index contributed by atoms with van der Waals surface area (Å²) in [7, 11) is 0. The Morgan fingerprint density at radius 1 is 0.692 bits per heavy atom. The molecule has 5 rings (SSSR count). The van der Waals surface area contributed by atoms with E-state index in [4.69, 9.17) is 0 Å². The van der Waals surface area contributed by atoms with Crippen LogP contribution in [0.5, 0.6) is 0 Å². The third-order valence-corrected chi connectivity index (χ3v) is 4.99. The fourth-order valence-corrected chi connectivity index (χ4v) is 3.73. The maximum Gasteiger partial charge on any atom is 0.0702 e. The van der Waals surface area contributed by atoms with Gasteiger partial charge in [0, 0.05) is 28.2 Å². The van der Waals surface area contributed by atoms with Crippen molar-refractivity contribution in [3.05, 3.63) is 96.7 Å². The smallest absolute Gasteiger partial charge is 0.0702 e. The summed E-state index contributed by atoms with van der Waals surface area (Å²) >= 11 is 0. The third-order valence-electron chi connectivity index (χ3n) is 4.99. The Bertz CT molecular complexity index is 1180. The first-order valence-electron chi connectivity index (χ1n) is 8.83. The van der Waals surface area contributed by atoms with Gasteiger partial charge in [-0.15, -0.1) is 0 Å². The SMILES string of the molecule is Cc1ccc(-c2ccccn2)cc1-n1c2ccccc2c2ccccc21. The second kappa shape index (κ2) is 5.85. The molecule has 0 aliphatic carbocycles. The van der Waals surface area contributed by atoms with Crippen LogP contribution in [0.25, 0.3) is 38.8 Å². The van der Waals surface area contributed by atoms with Gasteiger partial charge >= 0.3 is 0 Å². The molecule has 0 fully saturated rings. The number of hydrogen-bond acceptors (Lipinski definition) is 1. The van der Waals surface area contributed by atoms with Gasteiger partial charge < -0.3 is 4.57 Å². The summed E-state index contributed by atoms with van der Waals surface area (Å²) in [6.45, 7) is 2.17. The molecular formula is C24H18N2. The van der Waals surface area contributed by atoms with Crippen LogP contribution in [0, 0.1) is 6.92 Å². The predicted octanol–water partition coefficient (Wildman–Crippen LogP) is 6.15. The van der Waals surface area contributed by atoms with Gasteiger partial charge in [0.2, 0.25) is 0 Å². The summed E-state index contributed by atoms with van der Waals surface area (Å²) in [6.07, 6.45) is 1.84. The molecule has 2 heteroatoms. The maximum absolute atomic E-state index is 4.52. The maximum atomic E-state index is 4.52. The van der Waals surface area contributed by atoms with Crippen LogP contribution in [0.1, 0.15) is 5.56 Å². The number of rotatable bonds is 2. The minimum atomic E-state index is 0.995. The quantitative estimate of drug-likeness (QED) is 0.378. The molecule has 0 radical (unpaired) electrons. The average molecular weight is 334 g/mol. The number of aromatic nitrogens is 2. The monoisotopic (exact) mass is 334 g/mol. The minimum absolute atomic E-state index is 0.995. The summed E-state index contributed by atoms with van der Waals surface area (Å²) in [6, 6.07) is 29.8. The zero-order valence-electron chi connectivity index (χ0n) is 14.6. The third kappa shape index (κ3) is 2.23. The molecule has 5 aromatic rings. The van der Waals surface area contributed by atoms with E-state index in [1.807, 2.05) is 18.3 Å². The van der Waals surface area contributed by atoms with Crippen LogP contribution in [0.4, 0.5) is 0 Å². The summed E-state index contributed by atoms with van der Waals surface area (Å²) < 4.78 is 2.37. The van der Waals surface area contributed by atoms with Gasteiger partial charge in [-0.1, -0.05) is 54.6 Å². The lowest BCUT2D eigenvalue weighted by Gasteiger charge is -2.13. The normalized spacial score (nSPS) is 11.3. The Morgan fingerprint density at radius 3 is 2.00 bits per heavy atom. The topological polar surface area (TPSA) is 17.8 Å². The zero-order chi connectivity index (χ0) is 17.5. The van der Waals surface area contributed by atoms with Gasteiger partial charge in [-0.2, -0.15) is 0 Å². The van der Waals surface area contributed by atoms with Gasteiger partial charge in [-0.25, -0.2) is 0 Å². The Labute approximate surface area is 152 Å². The molecule has 3 aromatic carbocycles. The van der Waals surface area contributed by atoms with Crippen molar-refractivity contribution in [3.63, 3.8) is 0 Å². The summed E-state index contributed by atoms with van der Waals surface area (Å²) in [4.78, 5) is 4.52. The van der Waals surface area contributed by atoms with E-state index < -0.39 is 0 Å². The van der Waals surface area contributed by atoms with E-state index in [1.54, 1.807) is 0 Å². The molecule has 0 aliphatic rings.